The van der Waals surface area contributed by atoms with Crippen LogP contribution in [0.2, 0.25) is 0 Å². The summed E-state index contributed by atoms with van der Waals surface area (Å²) < 4.78 is 27.3. The zero-order valence-corrected chi connectivity index (χ0v) is 8.04. The van der Waals surface area contributed by atoms with Crippen LogP contribution in [-0.2, 0) is 0 Å². The first-order valence-corrected chi connectivity index (χ1v) is 4.38. The van der Waals surface area contributed by atoms with Gasteiger partial charge in [0.15, 0.2) is 5.82 Å². The van der Waals surface area contributed by atoms with E-state index in [1.165, 1.54) is 16.8 Å². The van der Waals surface area contributed by atoms with E-state index in [0.29, 0.717) is 0 Å². The van der Waals surface area contributed by atoms with Gasteiger partial charge in [-0.3, -0.25) is 0 Å². The third-order valence-corrected chi connectivity index (χ3v) is 2.03. The van der Waals surface area contributed by atoms with Crippen molar-refractivity contribution in [2.45, 2.75) is 0 Å². The van der Waals surface area contributed by atoms with Crippen LogP contribution in [0.1, 0.15) is 0 Å². The van der Waals surface area contributed by atoms with E-state index in [2.05, 4.69) is 10.4 Å². The van der Waals surface area contributed by atoms with Gasteiger partial charge in [-0.15, -0.1) is 0 Å². The summed E-state index contributed by atoms with van der Waals surface area (Å²) in [6.45, 7) is 0. The number of benzene rings is 1. The summed E-state index contributed by atoms with van der Waals surface area (Å²) >= 11 is 0. The maximum Gasteiger partial charge on any atom is 0.151 e. The molecule has 0 spiro atoms. The Labute approximate surface area is 85.3 Å². The second-order valence-corrected chi connectivity index (χ2v) is 3.02. The molecule has 0 saturated carbocycles. The lowest BCUT2D eigenvalue weighted by atomic mass is 10.3. The van der Waals surface area contributed by atoms with Gasteiger partial charge in [-0.05, 0) is 12.1 Å². The van der Waals surface area contributed by atoms with Crippen LogP contribution in [0.4, 0.5) is 14.5 Å². The number of anilines is 1. The van der Waals surface area contributed by atoms with E-state index in [-0.39, 0.29) is 5.69 Å². The number of nitrogens with zero attached hydrogens (tertiary/aromatic N) is 2. The minimum absolute atomic E-state index is 0.220. The van der Waals surface area contributed by atoms with Crippen molar-refractivity contribution < 1.29 is 8.78 Å². The predicted octanol–water partition coefficient (Wildman–Crippen LogP) is 2.19. The van der Waals surface area contributed by atoms with Crippen LogP contribution in [0.3, 0.4) is 0 Å². The van der Waals surface area contributed by atoms with E-state index >= 15 is 0 Å². The topological polar surface area (TPSA) is 29.9 Å². The Morgan fingerprint density at radius 3 is 2.73 bits per heavy atom. The fraction of sp³-hybridized carbons (Fsp3) is 0.100. The fourth-order valence-corrected chi connectivity index (χ4v) is 1.25. The highest BCUT2D eigenvalue weighted by Crippen LogP contribution is 2.15. The Balaban J connectivity index is 2.44. The zero-order chi connectivity index (χ0) is 10.8. The molecule has 0 bridgehead atoms. The van der Waals surface area contributed by atoms with Gasteiger partial charge < -0.3 is 5.32 Å². The van der Waals surface area contributed by atoms with E-state index in [0.717, 1.165) is 11.8 Å². The summed E-state index contributed by atoms with van der Waals surface area (Å²) in [5, 5.41) is 6.81. The highest BCUT2D eigenvalue weighted by molar-refractivity contribution is 5.42. The molecular formula is C10H9F2N3. The van der Waals surface area contributed by atoms with E-state index in [1.54, 1.807) is 19.4 Å². The van der Waals surface area contributed by atoms with E-state index < -0.39 is 11.6 Å². The van der Waals surface area contributed by atoms with Crippen LogP contribution >= 0.6 is 0 Å². The molecule has 3 nitrogen and oxygen atoms in total. The van der Waals surface area contributed by atoms with Crippen molar-refractivity contribution in [1.82, 2.24) is 9.78 Å². The van der Waals surface area contributed by atoms with E-state index in [4.69, 9.17) is 0 Å². The molecule has 1 heterocycles. The fourth-order valence-electron chi connectivity index (χ4n) is 1.25. The van der Waals surface area contributed by atoms with Gasteiger partial charge in [0.25, 0.3) is 0 Å². The summed E-state index contributed by atoms with van der Waals surface area (Å²) in [5.74, 6) is -1.24. The van der Waals surface area contributed by atoms with Crippen LogP contribution in [0.25, 0.3) is 5.69 Å². The molecule has 15 heavy (non-hydrogen) atoms. The van der Waals surface area contributed by atoms with Crippen LogP contribution in [0.5, 0.6) is 0 Å². The standard InChI is InChI=1S/C10H9F2N3/c1-13-8-5-14-15(6-8)10-3-2-7(11)4-9(10)12/h2-6,13H,1H3. The Bertz CT molecular complexity index is 479. The van der Waals surface area contributed by atoms with Crippen LogP contribution in [0.15, 0.2) is 30.6 Å². The second-order valence-electron chi connectivity index (χ2n) is 3.02. The van der Waals surface area contributed by atoms with Gasteiger partial charge in [-0.25, -0.2) is 13.5 Å². The summed E-state index contributed by atoms with van der Waals surface area (Å²) in [7, 11) is 1.74. The van der Waals surface area contributed by atoms with Crippen molar-refractivity contribution >= 4 is 5.69 Å². The second kappa shape index (κ2) is 3.68. The Hall–Kier alpha value is -1.91. The first-order valence-electron chi connectivity index (χ1n) is 4.38. The molecule has 0 atom stereocenters. The highest BCUT2D eigenvalue weighted by atomic mass is 19.1. The molecule has 0 amide bonds. The number of rotatable bonds is 2. The van der Waals surface area contributed by atoms with Gasteiger partial charge in [0, 0.05) is 13.1 Å². The maximum atomic E-state index is 13.3. The molecule has 2 aromatic rings. The van der Waals surface area contributed by atoms with Crippen molar-refractivity contribution in [3.8, 4) is 5.69 Å². The smallest absolute Gasteiger partial charge is 0.151 e. The highest BCUT2D eigenvalue weighted by Gasteiger charge is 2.06. The quantitative estimate of drug-likeness (QED) is 0.821. The molecule has 1 aromatic carbocycles. The molecule has 0 radical (unpaired) electrons. The molecule has 78 valence electrons. The minimum Gasteiger partial charge on any atom is -0.386 e. The number of halogens is 2. The molecule has 0 aliphatic carbocycles. The number of nitrogens with one attached hydrogen (secondary N) is 1. The van der Waals surface area contributed by atoms with Crippen molar-refractivity contribution in [2.75, 3.05) is 12.4 Å². The van der Waals surface area contributed by atoms with Crippen molar-refractivity contribution in [3.63, 3.8) is 0 Å². The molecule has 0 aliphatic rings. The Kier molecular flexibility index (Phi) is 2.37. The summed E-state index contributed by atoms with van der Waals surface area (Å²) in [6, 6.07) is 3.37. The largest absolute Gasteiger partial charge is 0.386 e. The van der Waals surface area contributed by atoms with E-state index in [9.17, 15) is 8.78 Å². The molecule has 5 heteroatoms. The Morgan fingerprint density at radius 2 is 2.13 bits per heavy atom. The van der Waals surface area contributed by atoms with Gasteiger partial charge >= 0.3 is 0 Å². The monoisotopic (exact) mass is 209 g/mol. The molecule has 1 N–H and O–H groups in total. The Morgan fingerprint density at radius 1 is 1.33 bits per heavy atom. The zero-order valence-electron chi connectivity index (χ0n) is 8.04. The summed E-state index contributed by atoms with van der Waals surface area (Å²) in [4.78, 5) is 0. The van der Waals surface area contributed by atoms with Gasteiger partial charge in [0.1, 0.15) is 11.5 Å². The minimum atomic E-state index is -0.638. The van der Waals surface area contributed by atoms with Gasteiger partial charge in [-0.1, -0.05) is 0 Å². The van der Waals surface area contributed by atoms with Gasteiger partial charge in [-0.2, -0.15) is 5.10 Å². The molecule has 0 saturated heterocycles. The lowest BCUT2D eigenvalue weighted by Crippen LogP contribution is -1.98. The molecule has 2 rings (SSSR count). The normalized spacial score (nSPS) is 10.3. The molecular weight excluding hydrogens is 200 g/mol. The SMILES string of the molecule is CNc1cnn(-c2ccc(F)cc2F)c1. The van der Waals surface area contributed by atoms with Gasteiger partial charge in [0.2, 0.25) is 0 Å². The van der Waals surface area contributed by atoms with Crippen molar-refractivity contribution in [1.29, 1.82) is 0 Å². The third-order valence-electron chi connectivity index (χ3n) is 2.03. The number of hydrogen-bond donors (Lipinski definition) is 1. The van der Waals surface area contributed by atoms with Crippen LogP contribution < -0.4 is 5.32 Å². The molecule has 1 aromatic heterocycles. The average Bonchev–Trinajstić information content (AvgIpc) is 2.66. The lowest BCUT2D eigenvalue weighted by molar-refractivity contribution is 0.573. The van der Waals surface area contributed by atoms with E-state index in [1.807, 2.05) is 0 Å². The first kappa shape index (κ1) is 9.64. The maximum absolute atomic E-state index is 13.3. The van der Waals surface area contributed by atoms with Crippen molar-refractivity contribution in [3.05, 3.63) is 42.2 Å². The third kappa shape index (κ3) is 1.81. The molecule has 0 fully saturated rings. The summed E-state index contributed by atoms with van der Waals surface area (Å²) in [6.07, 6.45) is 3.18. The summed E-state index contributed by atoms with van der Waals surface area (Å²) in [5.41, 5.74) is 0.983. The van der Waals surface area contributed by atoms with Crippen molar-refractivity contribution in [2.24, 2.45) is 0 Å². The first-order chi connectivity index (χ1) is 7.20. The lowest BCUT2D eigenvalue weighted by Gasteiger charge is -2.02. The predicted molar refractivity (Wildman–Crippen MR) is 53.0 cm³/mol. The van der Waals surface area contributed by atoms with Crippen LogP contribution in [0, 0.1) is 11.6 Å². The molecule has 0 aliphatic heterocycles. The molecule has 0 unspecified atom stereocenters. The number of hydrogen-bond acceptors (Lipinski definition) is 2. The van der Waals surface area contributed by atoms with Crippen LogP contribution in [-0.4, -0.2) is 16.8 Å². The van der Waals surface area contributed by atoms with Gasteiger partial charge in [0.05, 0.1) is 18.1 Å². The average molecular weight is 209 g/mol. The number of aromatic nitrogens is 2.